The van der Waals surface area contributed by atoms with Crippen LogP contribution in [0.5, 0.6) is 0 Å². The molecule has 1 unspecified atom stereocenters. The molecule has 102 valence electrons. The molecule has 19 heavy (non-hydrogen) atoms. The summed E-state index contributed by atoms with van der Waals surface area (Å²) in [6, 6.07) is 7.14. The van der Waals surface area contributed by atoms with Crippen LogP contribution in [0.4, 0.5) is 9.59 Å². The number of amides is 2. The lowest BCUT2D eigenvalue weighted by Gasteiger charge is -2.17. The highest BCUT2D eigenvalue weighted by molar-refractivity contribution is 6.31. The van der Waals surface area contributed by atoms with Gasteiger partial charge in [0, 0.05) is 11.4 Å². The molecular weight excluding hydrogens is 272 g/mol. The smallest absolute Gasteiger partial charge is 0.449 e. The summed E-state index contributed by atoms with van der Waals surface area (Å²) in [4.78, 5) is 21.7. The maximum absolute atomic E-state index is 10.9. The number of ether oxygens (including phenoxy) is 2. The van der Waals surface area contributed by atoms with Gasteiger partial charge < -0.3 is 15.2 Å². The minimum atomic E-state index is -0.877. The van der Waals surface area contributed by atoms with E-state index in [0.717, 1.165) is 5.56 Å². The molecule has 2 rings (SSSR count). The van der Waals surface area contributed by atoms with Crippen LogP contribution in [0.1, 0.15) is 12.0 Å². The molecule has 1 saturated carbocycles. The molecule has 0 aliphatic heterocycles. The average Bonchev–Trinajstić information content (AvgIpc) is 3.00. The van der Waals surface area contributed by atoms with E-state index in [2.05, 4.69) is 5.73 Å². The molecule has 1 aliphatic rings. The molecule has 1 fully saturated rings. The third-order valence-corrected chi connectivity index (χ3v) is 3.49. The Hall–Kier alpha value is -1.79. The Morgan fingerprint density at radius 2 is 2.16 bits per heavy atom. The number of carbonyl (C=O) groups is 2. The summed E-state index contributed by atoms with van der Waals surface area (Å²) in [7, 11) is 0. The van der Waals surface area contributed by atoms with Gasteiger partial charge >= 0.3 is 12.2 Å². The van der Waals surface area contributed by atoms with E-state index in [1.807, 2.05) is 12.1 Å². The summed E-state index contributed by atoms with van der Waals surface area (Å²) in [5, 5.41) is 0.526. The predicted molar refractivity (Wildman–Crippen MR) is 66.4 cm³/mol. The lowest BCUT2D eigenvalue weighted by atomic mass is 9.96. The predicted octanol–water partition coefficient (Wildman–Crippen LogP) is 0.824. The summed E-state index contributed by atoms with van der Waals surface area (Å²) in [5.74, 6) is 0. The monoisotopic (exact) mass is 285 g/mol. The maximum atomic E-state index is 10.9. The molecule has 1 aromatic carbocycles. The van der Waals surface area contributed by atoms with E-state index in [1.54, 1.807) is 12.1 Å². The highest BCUT2D eigenvalue weighted by atomic mass is 35.5. The van der Waals surface area contributed by atoms with Crippen molar-refractivity contribution >= 4 is 23.8 Å². The Morgan fingerprint density at radius 3 is 2.74 bits per heavy atom. The van der Waals surface area contributed by atoms with Crippen LogP contribution < -0.4 is 11.5 Å². The number of rotatable bonds is 4. The van der Waals surface area contributed by atoms with Crippen molar-refractivity contribution in [3.63, 3.8) is 0 Å². The zero-order chi connectivity index (χ0) is 14.0. The summed E-state index contributed by atoms with van der Waals surface area (Å²) in [6.45, 7) is 0.0179. The highest BCUT2D eigenvalue weighted by Crippen LogP contribution is 2.52. The Balaban J connectivity index is 2.24. The van der Waals surface area contributed by atoms with Crippen LogP contribution in [-0.2, 0) is 14.9 Å². The van der Waals surface area contributed by atoms with Crippen molar-refractivity contribution in [2.75, 3.05) is 6.61 Å². The van der Waals surface area contributed by atoms with Gasteiger partial charge in [0.05, 0.1) is 5.41 Å². The molecule has 1 aliphatic carbocycles. The van der Waals surface area contributed by atoms with Crippen LogP contribution in [-0.4, -0.2) is 24.9 Å². The van der Waals surface area contributed by atoms with Gasteiger partial charge in [0.25, 0.3) is 0 Å². The van der Waals surface area contributed by atoms with Gasteiger partial charge in [0.15, 0.2) is 0 Å². The van der Waals surface area contributed by atoms with Gasteiger partial charge in [0.2, 0.25) is 0 Å². The van der Waals surface area contributed by atoms with Crippen molar-refractivity contribution in [2.24, 2.45) is 5.73 Å². The lowest BCUT2D eigenvalue weighted by Crippen LogP contribution is -2.57. The van der Waals surface area contributed by atoms with E-state index in [1.165, 1.54) is 0 Å². The van der Waals surface area contributed by atoms with Crippen LogP contribution >= 0.6 is 11.6 Å². The lowest BCUT2D eigenvalue weighted by molar-refractivity contribution is -0.284. The molecule has 1 aromatic rings. The first-order valence-electron chi connectivity index (χ1n) is 5.65. The number of benzene rings is 1. The molecule has 0 bridgehead atoms. The topological polar surface area (TPSA) is 106 Å². The van der Waals surface area contributed by atoms with E-state index >= 15 is 0 Å². The molecule has 5 N–H and O–H groups in total. The highest BCUT2D eigenvalue weighted by Gasteiger charge is 2.60. The Bertz CT molecular complexity index is 522. The first-order chi connectivity index (χ1) is 8.95. The molecule has 2 amide bonds. The number of quaternary nitrogens is 1. The van der Waals surface area contributed by atoms with Crippen molar-refractivity contribution in [2.45, 2.75) is 17.9 Å². The fourth-order valence-electron chi connectivity index (χ4n) is 2.16. The number of hydrogen-bond donors (Lipinski definition) is 2. The molecule has 0 radical (unpaired) electrons. The summed E-state index contributed by atoms with van der Waals surface area (Å²) in [6.07, 6.45) is -1.39. The van der Waals surface area contributed by atoms with Crippen molar-refractivity contribution < 1.29 is 24.8 Å². The molecular formula is C12H14ClN2O4+. The van der Waals surface area contributed by atoms with Gasteiger partial charge in [-0.05, 0) is 11.6 Å². The first-order valence-corrected chi connectivity index (χ1v) is 6.03. The van der Waals surface area contributed by atoms with Crippen molar-refractivity contribution in [3.8, 4) is 0 Å². The second kappa shape index (κ2) is 5.07. The van der Waals surface area contributed by atoms with Gasteiger partial charge in [-0.1, -0.05) is 29.8 Å². The Morgan fingerprint density at radius 1 is 1.47 bits per heavy atom. The minimum absolute atomic E-state index is 0.0179. The summed E-state index contributed by atoms with van der Waals surface area (Å²) < 4.78 is 9.94. The molecule has 0 aromatic heterocycles. The molecule has 2 atom stereocenters. The molecule has 0 spiro atoms. The number of hydrogen-bond acceptors (Lipinski definition) is 4. The second-order valence-corrected chi connectivity index (χ2v) is 4.83. The zero-order valence-corrected chi connectivity index (χ0v) is 10.9. The normalized spacial score (nSPS) is 24.6. The summed E-state index contributed by atoms with van der Waals surface area (Å²) in [5.41, 5.74) is 8.29. The summed E-state index contributed by atoms with van der Waals surface area (Å²) >= 11 is 6.14. The van der Waals surface area contributed by atoms with Gasteiger partial charge in [-0.2, -0.15) is 4.79 Å². The van der Waals surface area contributed by atoms with Gasteiger partial charge in [0.1, 0.15) is 12.7 Å². The first kappa shape index (κ1) is 13.6. The third-order valence-electron chi connectivity index (χ3n) is 3.16. The molecule has 0 heterocycles. The Kier molecular flexibility index (Phi) is 3.64. The average molecular weight is 286 g/mol. The number of nitrogens with two attached hydrogens (primary N) is 1. The number of primary amides is 1. The van der Waals surface area contributed by atoms with Crippen LogP contribution in [0.2, 0.25) is 5.02 Å². The van der Waals surface area contributed by atoms with E-state index < -0.39 is 23.7 Å². The standard InChI is InChI=1S/C12H13ClN2O4/c13-8-4-2-1-3-7(8)12(6-18-10(14)16)5-9(12)19-11(15)17/h1-4,9H,5-6H2,(H2,14,16)(H2,15,17)/p+1/t9?,12-/m1/s1. The van der Waals surface area contributed by atoms with Crippen LogP contribution in [0.15, 0.2) is 24.3 Å². The van der Waals surface area contributed by atoms with Gasteiger partial charge in [-0.3, -0.25) is 5.73 Å². The van der Waals surface area contributed by atoms with Crippen molar-refractivity contribution in [1.29, 1.82) is 0 Å². The minimum Gasteiger partial charge on any atom is -0.449 e. The fourth-order valence-corrected chi connectivity index (χ4v) is 2.49. The van der Waals surface area contributed by atoms with Crippen LogP contribution in [0, 0.1) is 0 Å². The van der Waals surface area contributed by atoms with Crippen molar-refractivity contribution in [3.05, 3.63) is 34.9 Å². The quantitative estimate of drug-likeness (QED) is 0.854. The molecule has 0 saturated heterocycles. The van der Waals surface area contributed by atoms with E-state index in [0.29, 0.717) is 11.4 Å². The van der Waals surface area contributed by atoms with Gasteiger partial charge in [-0.25, -0.2) is 4.79 Å². The van der Waals surface area contributed by atoms with E-state index in [-0.39, 0.29) is 6.61 Å². The Labute approximate surface area is 114 Å². The van der Waals surface area contributed by atoms with Crippen molar-refractivity contribution in [1.82, 2.24) is 0 Å². The largest absolute Gasteiger partial charge is 0.511 e. The number of halogens is 1. The molecule has 7 heteroatoms. The number of carbonyl (C=O) groups excluding carboxylic acids is 2. The second-order valence-electron chi connectivity index (χ2n) is 4.43. The SMILES string of the molecule is NC(=O)OC[C@@]1(c2ccccc2Cl)CC1OC([NH3+])=O. The van der Waals surface area contributed by atoms with Crippen LogP contribution in [0.25, 0.3) is 0 Å². The van der Waals surface area contributed by atoms with E-state index in [4.69, 9.17) is 26.8 Å². The van der Waals surface area contributed by atoms with Crippen LogP contribution in [0.3, 0.4) is 0 Å². The molecule has 6 nitrogen and oxygen atoms in total. The third kappa shape index (κ3) is 2.80. The fraction of sp³-hybridized carbons (Fsp3) is 0.333. The zero-order valence-electron chi connectivity index (χ0n) is 10.1. The van der Waals surface area contributed by atoms with Gasteiger partial charge in [-0.15, -0.1) is 0 Å². The maximum Gasteiger partial charge on any atom is 0.511 e. The van der Waals surface area contributed by atoms with E-state index in [9.17, 15) is 9.59 Å².